The van der Waals surface area contributed by atoms with Crippen LogP contribution in [-0.2, 0) is 0 Å². The Morgan fingerprint density at radius 3 is 2.79 bits per heavy atom. The Kier molecular flexibility index (Phi) is 3.85. The van der Waals surface area contributed by atoms with Gasteiger partial charge in [-0.1, -0.05) is 25.4 Å². The van der Waals surface area contributed by atoms with E-state index < -0.39 is 11.8 Å². The van der Waals surface area contributed by atoms with Crippen molar-refractivity contribution in [3.05, 3.63) is 23.0 Å². The highest BCUT2D eigenvalue weighted by atomic mass is 35.5. The minimum absolute atomic E-state index is 0.0288. The number of carbonyl (C=O) groups excluding carboxylic acids is 1. The zero-order valence-electron chi connectivity index (χ0n) is 10.8. The van der Waals surface area contributed by atoms with Crippen LogP contribution < -0.4 is 16.4 Å². The number of nitrogen functional groups attached to an aromatic ring is 1. The number of anilines is 2. The Labute approximate surface area is 116 Å². The first kappa shape index (κ1) is 13.9. The summed E-state index contributed by atoms with van der Waals surface area (Å²) in [6.45, 7) is 4.23. The Balaban J connectivity index is 1.95. The number of hydrogen-bond acceptors (Lipinski definition) is 2. The normalized spacial score (nSPS) is 21.3. The monoisotopic (exact) mass is 285 g/mol. The van der Waals surface area contributed by atoms with Crippen molar-refractivity contribution < 1.29 is 9.18 Å². The molecule has 2 unspecified atom stereocenters. The van der Waals surface area contributed by atoms with E-state index in [1.165, 1.54) is 6.07 Å². The van der Waals surface area contributed by atoms with Crippen LogP contribution >= 0.6 is 11.6 Å². The molecule has 0 aliphatic heterocycles. The number of carbonyl (C=O) groups is 1. The summed E-state index contributed by atoms with van der Waals surface area (Å²) in [6, 6.07) is 2.14. The molecule has 2 rings (SSSR count). The van der Waals surface area contributed by atoms with Crippen LogP contribution in [0, 0.1) is 17.7 Å². The summed E-state index contributed by atoms with van der Waals surface area (Å²) in [5.74, 6) is 0.435. The van der Waals surface area contributed by atoms with Crippen LogP contribution in [0.2, 0.25) is 5.02 Å². The number of halogens is 2. The van der Waals surface area contributed by atoms with Gasteiger partial charge in [-0.15, -0.1) is 0 Å². The summed E-state index contributed by atoms with van der Waals surface area (Å²) < 4.78 is 13.6. The Bertz CT molecular complexity index is 507. The van der Waals surface area contributed by atoms with Gasteiger partial charge < -0.3 is 16.4 Å². The maximum Gasteiger partial charge on any atom is 0.319 e. The van der Waals surface area contributed by atoms with E-state index in [4.69, 9.17) is 17.3 Å². The summed E-state index contributed by atoms with van der Waals surface area (Å²) >= 11 is 5.68. The summed E-state index contributed by atoms with van der Waals surface area (Å²) in [4.78, 5) is 11.7. The van der Waals surface area contributed by atoms with E-state index in [0.717, 1.165) is 12.5 Å². The molecule has 1 aliphatic rings. The molecule has 0 aromatic heterocycles. The summed E-state index contributed by atoms with van der Waals surface area (Å²) in [5.41, 5.74) is 5.83. The summed E-state index contributed by atoms with van der Waals surface area (Å²) in [7, 11) is 0. The van der Waals surface area contributed by atoms with E-state index in [9.17, 15) is 9.18 Å². The van der Waals surface area contributed by atoms with Gasteiger partial charge in [0.1, 0.15) is 5.82 Å². The van der Waals surface area contributed by atoms with Crippen molar-refractivity contribution in [3.63, 3.8) is 0 Å². The van der Waals surface area contributed by atoms with Crippen molar-refractivity contribution in [2.45, 2.75) is 26.3 Å². The lowest BCUT2D eigenvalue weighted by Gasteiger charge is -2.10. The molecule has 19 heavy (non-hydrogen) atoms. The van der Waals surface area contributed by atoms with E-state index in [-0.39, 0.29) is 22.4 Å². The number of hydrogen-bond donors (Lipinski definition) is 3. The smallest absolute Gasteiger partial charge is 0.319 e. The van der Waals surface area contributed by atoms with Crippen LogP contribution in [0.15, 0.2) is 12.1 Å². The van der Waals surface area contributed by atoms with E-state index in [0.29, 0.717) is 11.8 Å². The number of urea groups is 1. The van der Waals surface area contributed by atoms with Crippen molar-refractivity contribution in [2.24, 2.45) is 11.8 Å². The van der Waals surface area contributed by atoms with Gasteiger partial charge in [0.15, 0.2) is 0 Å². The highest BCUT2D eigenvalue weighted by Crippen LogP contribution is 2.37. The SMILES string of the molecule is CC(C)C1CC1NC(=O)Nc1cc(N)c(Cl)cc1F. The number of nitrogens with one attached hydrogen (secondary N) is 2. The topological polar surface area (TPSA) is 67.2 Å². The van der Waals surface area contributed by atoms with Gasteiger partial charge >= 0.3 is 6.03 Å². The maximum absolute atomic E-state index is 13.6. The fourth-order valence-electron chi connectivity index (χ4n) is 2.11. The predicted molar refractivity (Wildman–Crippen MR) is 74.7 cm³/mol. The van der Waals surface area contributed by atoms with Crippen LogP contribution in [0.1, 0.15) is 20.3 Å². The molecule has 0 radical (unpaired) electrons. The van der Waals surface area contributed by atoms with E-state index in [2.05, 4.69) is 24.5 Å². The van der Waals surface area contributed by atoms with Gasteiger partial charge in [-0.2, -0.15) is 0 Å². The van der Waals surface area contributed by atoms with Crippen LogP contribution in [0.5, 0.6) is 0 Å². The lowest BCUT2D eigenvalue weighted by molar-refractivity contribution is 0.250. The van der Waals surface area contributed by atoms with Gasteiger partial charge in [-0.3, -0.25) is 0 Å². The molecule has 4 nitrogen and oxygen atoms in total. The second-order valence-corrected chi connectivity index (χ2v) is 5.61. The zero-order chi connectivity index (χ0) is 14.2. The first-order valence-corrected chi connectivity index (χ1v) is 6.58. The first-order valence-electron chi connectivity index (χ1n) is 6.20. The molecule has 1 aromatic rings. The quantitative estimate of drug-likeness (QED) is 0.747. The maximum atomic E-state index is 13.6. The minimum atomic E-state index is -0.606. The fourth-order valence-corrected chi connectivity index (χ4v) is 2.26. The van der Waals surface area contributed by atoms with Gasteiger partial charge in [0.05, 0.1) is 16.4 Å². The number of benzene rings is 1. The van der Waals surface area contributed by atoms with Crippen LogP contribution in [0.3, 0.4) is 0 Å². The first-order chi connectivity index (χ1) is 8.88. The Morgan fingerprint density at radius 1 is 1.53 bits per heavy atom. The van der Waals surface area contributed by atoms with Crippen molar-refractivity contribution in [1.82, 2.24) is 5.32 Å². The molecular formula is C13H17ClFN3O. The molecule has 0 heterocycles. The summed E-state index contributed by atoms with van der Waals surface area (Å²) in [6.07, 6.45) is 0.969. The molecule has 104 valence electrons. The highest BCUT2D eigenvalue weighted by Gasteiger charge is 2.40. The molecule has 1 aliphatic carbocycles. The number of rotatable bonds is 3. The Morgan fingerprint density at radius 2 is 2.21 bits per heavy atom. The van der Waals surface area contributed by atoms with Gasteiger partial charge in [0.2, 0.25) is 0 Å². The minimum Gasteiger partial charge on any atom is -0.397 e. The second-order valence-electron chi connectivity index (χ2n) is 5.20. The predicted octanol–water partition coefficient (Wildman–Crippen LogP) is 3.23. The zero-order valence-corrected chi connectivity index (χ0v) is 11.6. The van der Waals surface area contributed by atoms with E-state index in [1.807, 2.05) is 0 Å². The molecule has 1 aromatic carbocycles. The number of nitrogens with two attached hydrogens (primary N) is 1. The largest absolute Gasteiger partial charge is 0.397 e. The van der Waals surface area contributed by atoms with Crippen LogP contribution in [-0.4, -0.2) is 12.1 Å². The molecule has 1 saturated carbocycles. The highest BCUT2D eigenvalue weighted by molar-refractivity contribution is 6.33. The Hall–Kier alpha value is -1.49. The van der Waals surface area contributed by atoms with Crippen molar-refractivity contribution in [3.8, 4) is 0 Å². The molecule has 4 N–H and O–H groups in total. The third-order valence-corrected chi connectivity index (χ3v) is 3.67. The van der Waals surface area contributed by atoms with Crippen molar-refractivity contribution in [1.29, 1.82) is 0 Å². The van der Waals surface area contributed by atoms with Gasteiger partial charge in [0.25, 0.3) is 0 Å². The molecule has 0 spiro atoms. The lowest BCUT2D eigenvalue weighted by atomic mass is 10.1. The molecule has 0 bridgehead atoms. The van der Waals surface area contributed by atoms with Gasteiger partial charge in [-0.05, 0) is 30.4 Å². The standard InChI is InChI=1S/C13H17ClFN3O/c1-6(2)7-3-11(7)17-13(19)18-12-5-10(16)8(14)4-9(12)15/h4-7,11H,3,16H2,1-2H3,(H2,17,18,19). The third-order valence-electron chi connectivity index (χ3n) is 3.35. The lowest BCUT2D eigenvalue weighted by Crippen LogP contribution is -2.32. The molecule has 0 saturated heterocycles. The summed E-state index contributed by atoms with van der Waals surface area (Å²) in [5, 5.41) is 5.38. The van der Waals surface area contributed by atoms with Gasteiger partial charge in [-0.25, -0.2) is 9.18 Å². The van der Waals surface area contributed by atoms with Gasteiger partial charge in [0, 0.05) is 6.04 Å². The molecule has 6 heteroatoms. The van der Waals surface area contributed by atoms with Crippen molar-refractivity contribution in [2.75, 3.05) is 11.1 Å². The van der Waals surface area contributed by atoms with Crippen LogP contribution in [0.4, 0.5) is 20.6 Å². The van der Waals surface area contributed by atoms with E-state index in [1.54, 1.807) is 0 Å². The fraction of sp³-hybridized carbons (Fsp3) is 0.462. The number of amides is 2. The van der Waals surface area contributed by atoms with E-state index >= 15 is 0 Å². The third kappa shape index (κ3) is 3.29. The molecular weight excluding hydrogens is 269 g/mol. The second kappa shape index (κ2) is 5.25. The average molecular weight is 286 g/mol. The molecule has 1 fully saturated rings. The molecule has 2 atom stereocenters. The molecule has 2 amide bonds. The average Bonchev–Trinajstić information content (AvgIpc) is 3.05. The van der Waals surface area contributed by atoms with Crippen LogP contribution in [0.25, 0.3) is 0 Å². The van der Waals surface area contributed by atoms with Crippen molar-refractivity contribution >= 4 is 29.0 Å².